The van der Waals surface area contributed by atoms with Gasteiger partial charge < -0.3 is 20.2 Å². The fourth-order valence-corrected chi connectivity index (χ4v) is 5.39. The zero-order valence-corrected chi connectivity index (χ0v) is 25.5. The van der Waals surface area contributed by atoms with Gasteiger partial charge in [-0.15, -0.1) is 16.6 Å². The van der Waals surface area contributed by atoms with Gasteiger partial charge in [-0.2, -0.15) is 4.98 Å². The Morgan fingerprint density at radius 1 is 0.814 bits per heavy atom. The van der Waals surface area contributed by atoms with Crippen LogP contribution in [0.2, 0.25) is 0 Å². The van der Waals surface area contributed by atoms with Crippen molar-refractivity contribution in [3.63, 3.8) is 0 Å². The molecule has 3 aromatic heterocycles. The smallest absolute Gasteiger partial charge is 0.657 e. The number of aryl methyl sites for hydroxylation is 3. The molecule has 0 amide bonds. The molecule has 5 rings (SSSR count). The van der Waals surface area contributed by atoms with Crippen molar-refractivity contribution in [2.75, 3.05) is 0 Å². The van der Waals surface area contributed by atoms with Crippen molar-refractivity contribution >= 4 is 62.6 Å². The molecule has 2 aliphatic heterocycles. The van der Waals surface area contributed by atoms with Crippen LogP contribution in [-0.2, 0) is 33.1 Å². The predicted octanol–water partition coefficient (Wildman–Crippen LogP) is 6.63. The van der Waals surface area contributed by atoms with E-state index >= 15 is 0 Å². The monoisotopic (exact) mass is 619 g/mol. The molecule has 0 unspecified atom stereocenters. The Balaban J connectivity index is 0.00000423. The average molecular weight is 619 g/mol. The summed E-state index contributed by atoms with van der Waals surface area (Å²) < 4.78 is 6.27. The third-order valence-electron chi connectivity index (χ3n) is 7.84. The Hall–Kier alpha value is -4.53. The Morgan fingerprint density at radius 2 is 1.44 bits per heavy atom. The molecule has 43 heavy (non-hydrogen) atoms. The van der Waals surface area contributed by atoms with Gasteiger partial charge in [-0.1, -0.05) is 54.1 Å². The first-order valence-corrected chi connectivity index (χ1v) is 13.6. The van der Waals surface area contributed by atoms with Crippen LogP contribution in [0.15, 0.2) is 41.9 Å². The summed E-state index contributed by atoms with van der Waals surface area (Å²) in [5.74, 6) is -1.43. The topological polar surface area (TPSA) is 140 Å². The first-order chi connectivity index (χ1) is 20.0. The maximum absolute atomic E-state index is 11.5. The second kappa shape index (κ2) is 12.4. The Kier molecular flexibility index (Phi) is 9.04. The van der Waals surface area contributed by atoms with Crippen molar-refractivity contribution in [3.8, 4) is 0 Å². The third kappa shape index (κ3) is 5.89. The van der Waals surface area contributed by atoms with Gasteiger partial charge in [-0.25, -0.2) is 9.40 Å². The van der Waals surface area contributed by atoms with Crippen LogP contribution < -0.4 is 9.97 Å². The molecular formula is C33H31FeN4O5+3. The number of allylic oxidation sites excluding steroid dienone is 5. The van der Waals surface area contributed by atoms with E-state index in [0.717, 1.165) is 44.5 Å². The van der Waals surface area contributed by atoms with Gasteiger partial charge in [0.05, 0.1) is 28.2 Å². The fourth-order valence-electron chi connectivity index (χ4n) is 5.39. The fraction of sp³-hybridized carbons (Fsp3) is 0.242. The van der Waals surface area contributed by atoms with Crippen molar-refractivity contribution in [1.29, 1.82) is 0 Å². The van der Waals surface area contributed by atoms with Crippen LogP contribution in [0.3, 0.4) is 0 Å². The summed E-state index contributed by atoms with van der Waals surface area (Å²) in [5.41, 5.74) is 10.5. The number of hydrogen-bond acceptors (Lipinski definition) is 4. The molecular weight excluding hydrogens is 588 g/mol. The van der Waals surface area contributed by atoms with Crippen LogP contribution in [0.5, 0.6) is 0 Å². The van der Waals surface area contributed by atoms with Gasteiger partial charge in [0.25, 0.3) is 5.71 Å². The molecule has 0 saturated heterocycles. The number of aliphatic carboxylic acids is 2. The molecule has 2 N–H and O–H groups in total. The summed E-state index contributed by atoms with van der Waals surface area (Å²) in [5, 5.41) is 18.9. The Bertz CT molecular complexity index is 1930. The van der Waals surface area contributed by atoms with Crippen molar-refractivity contribution in [3.05, 3.63) is 82.7 Å². The summed E-state index contributed by atoms with van der Waals surface area (Å²) in [6.45, 7) is 15.6. The summed E-state index contributed by atoms with van der Waals surface area (Å²) in [7, 11) is 0. The normalized spacial score (nSPS) is 12.7. The molecule has 0 spiro atoms. The number of aromatic nitrogens is 4. The maximum atomic E-state index is 11.5. The van der Waals surface area contributed by atoms with Crippen LogP contribution in [-0.4, -0.2) is 32.1 Å². The molecule has 10 heteroatoms. The zero-order chi connectivity index (χ0) is 30.3. The average Bonchev–Trinajstić information content (AvgIpc) is 3.59. The van der Waals surface area contributed by atoms with Gasteiger partial charge in [-0.05, 0) is 57.7 Å². The Labute approximate surface area is 259 Å². The number of hydrogen-bond donors (Lipinski definition) is 2. The van der Waals surface area contributed by atoms with E-state index in [4.69, 9.17) is 24.4 Å². The van der Waals surface area contributed by atoms with Gasteiger partial charge in [0.15, 0.2) is 0 Å². The molecule has 0 aliphatic carbocycles. The molecule has 0 fully saturated rings. The van der Waals surface area contributed by atoms with Crippen LogP contribution in [0, 0.1) is 13.8 Å². The molecule has 0 radical (unpaired) electrons. The summed E-state index contributed by atoms with van der Waals surface area (Å²) >= 11 is 0. The quantitative estimate of drug-likeness (QED) is 0.210. The van der Waals surface area contributed by atoms with E-state index in [1.807, 2.05) is 45.9 Å². The number of carbonyl (C=O) groups is 2. The molecule has 8 bridgehead atoms. The van der Waals surface area contributed by atoms with Gasteiger partial charge >= 0.3 is 34.9 Å². The third-order valence-corrected chi connectivity index (χ3v) is 7.84. The van der Waals surface area contributed by atoms with Crippen molar-refractivity contribution in [2.45, 2.75) is 53.4 Å². The maximum Gasteiger partial charge on any atom is 4.00 e. The number of carboxylic acids is 2. The van der Waals surface area contributed by atoms with E-state index in [2.05, 4.69) is 13.2 Å². The molecule has 218 valence electrons. The minimum absolute atomic E-state index is 0. The van der Waals surface area contributed by atoms with E-state index in [1.54, 1.807) is 12.2 Å². The minimum Gasteiger partial charge on any atom is -0.657 e. The van der Waals surface area contributed by atoms with Gasteiger partial charge in [-0.3, -0.25) is 9.59 Å². The van der Waals surface area contributed by atoms with Crippen LogP contribution in [0.4, 0.5) is 0 Å². The molecule has 5 heterocycles. The summed E-state index contributed by atoms with van der Waals surface area (Å²) in [6.07, 6.45) is 3.84. The molecule has 3 aromatic rings. The largest absolute Gasteiger partial charge is 4.00 e. The standard InChI is InChI=1S/C33H32N4O5.Fe/c1-7-20-19(6)32-37-27(20)14-25-18(5)23(10-12-31(40)41)29(35-25)15-28-22(9-11-30(38)39)17(4)24(34-28)13-26-16(3)21(8-2)33(36-26)42-32;/h7-8,13-15H,1-2,9-12H2,3-6H3,(H3-,34,35,36,37,38,39,40,41);/q;+4/p-1. The van der Waals surface area contributed by atoms with Crippen LogP contribution in [0.25, 0.3) is 50.6 Å². The van der Waals surface area contributed by atoms with E-state index in [-0.39, 0.29) is 42.8 Å². The van der Waals surface area contributed by atoms with E-state index in [9.17, 15) is 19.8 Å². The summed E-state index contributed by atoms with van der Waals surface area (Å²) in [6, 6.07) is 5.53. The van der Waals surface area contributed by atoms with E-state index < -0.39 is 11.9 Å². The second-order valence-electron chi connectivity index (χ2n) is 10.4. The molecule has 0 aromatic carbocycles. The molecule has 0 saturated carbocycles. The number of nitrogens with zero attached hydrogens (tertiary/aromatic N) is 4. The van der Waals surface area contributed by atoms with Crippen molar-refractivity contribution in [1.82, 2.24) is 19.9 Å². The van der Waals surface area contributed by atoms with Crippen molar-refractivity contribution < 1.29 is 41.3 Å². The number of rotatable bonds is 8. The predicted molar refractivity (Wildman–Crippen MR) is 163 cm³/mol. The number of fused-ring (bicyclic) bond motifs is 8. The molecule has 0 atom stereocenters. The van der Waals surface area contributed by atoms with Gasteiger partial charge in [0, 0.05) is 18.4 Å². The SMILES string of the molecule is C=CC1=C(C)c2nc1cc1[n-]c(cc3nc(cc4[n-]c([o+]2)c(C=C)c4C)C(C)=C3CCC(=O)O)c(CCC(=O)O)c1C.[Fe+4]. The van der Waals surface area contributed by atoms with E-state index in [1.165, 1.54) is 0 Å². The van der Waals surface area contributed by atoms with Crippen LogP contribution >= 0.6 is 0 Å². The Morgan fingerprint density at radius 3 is 2.09 bits per heavy atom. The van der Waals surface area contributed by atoms with Gasteiger partial charge in [0.2, 0.25) is 0 Å². The number of carboxylic acid groups (broad SMARTS) is 2. The molecule has 2 aliphatic rings. The van der Waals surface area contributed by atoms with Crippen molar-refractivity contribution in [2.24, 2.45) is 0 Å². The summed E-state index contributed by atoms with van der Waals surface area (Å²) in [4.78, 5) is 42.3. The first kappa shape index (κ1) is 31.4. The minimum atomic E-state index is -0.911. The first-order valence-electron chi connectivity index (χ1n) is 13.6. The zero-order valence-electron chi connectivity index (χ0n) is 24.4. The second-order valence-corrected chi connectivity index (χ2v) is 10.4. The van der Waals surface area contributed by atoms with Crippen LogP contribution in [0.1, 0.15) is 78.3 Å². The van der Waals surface area contributed by atoms with Gasteiger partial charge in [0.1, 0.15) is 0 Å². The van der Waals surface area contributed by atoms with E-state index in [0.29, 0.717) is 45.2 Å². The molecule has 9 nitrogen and oxygen atoms in total.